The summed E-state index contributed by atoms with van der Waals surface area (Å²) in [6.45, 7) is 0. The summed E-state index contributed by atoms with van der Waals surface area (Å²) >= 11 is 0. The van der Waals surface area contributed by atoms with Gasteiger partial charge in [-0.25, -0.2) is 9.18 Å². The number of nitrogens with zero attached hydrogens (tertiary/aromatic N) is 2. The molecule has 0 aliphatic carbocycles. The van der Waals surface area contributed by atoms with Gasteiger partial charge in [0.15, 0.2) is 0 Å². The highest BCUT2D eigenvalue weighted by atomic mass is 19.1. The fourth-order valence-corrected chi connectivity index (χ4v) is 2.38. The number of hydrogen-bond acceptors (Lipinski definition) is 3. The van der Waals surface area contributed by atoms with Crippen LogP contribution in [0.2, 0.25) is 0 Å². The number of aromatic carboxylic acids is 1. The highest BCUT2D eigenvalue weighted by Crippen LogP contribution is 2.29. The van der Waals surface area contributed by atoms with Crippen LogP contribution in [0.4, 0.5) is 4.39 Å². The summed E-state index contributed by atoms with van der Waals surface area (Å²) in [6.07, 6.45) is 1.45. The standard InChI is InChI=1S/C16H9FN2O3/c17-13-3-1-2-11-9(7-18)8-19(15(11)13)10-4-5-12(16(21)22)14(20)6-10/h1-6,8,20H,(H,21,22). The maximum absolute atomic E-state index is 14.1. The van der Waals surface area contributed by atoms with Gasteiger partial charge >= 0.3 is 5.97 Å². The SMILES string of the molecule is N#Cc1cn(-c2ccc(C(=O)O)c(O)c2)c2c(F)cccc12. The van der Waals surface area contributed by atoms with E-state index in [9.17, 15) is 14.3 Å². The summed E-state index contributed by atoms with van der Waals surface area (Å²) in [6, 6.07) is 10.3. The van der Waals surface area contributed by atoms with E-state index in [4.69, 9.17) is 10.4 Å². The second kappa shape index (κ2) is 4.90. The summed E-state index contributed by atoms with van der Waals surface area (Å²) in [5.74, 6) is -2.20. The van der Waals surface area contributed by atoms with E-state index < -0.39 is 17.5 Å². The molecule has 0 spiro atoms. The molecule has 6 heteroatoms. The quantitative estimate of drug-likeness (QED) is 0.761. The molecule has 0 saturated carbocycles. The van der Waals surface area contributed by atoms with Crippen LogP contribution in [0.25, 0.3) is 16.6 Å². The number of hydrogen-bond donors (Lipinski definition) is 2. The van der Waals surface area contributed by atoms with E-state index in [1.807, 2.05) is 6.07 Å². The van der Waals surface area contributed by atoms with Crippen LogP contribution in [0.15, 0.2) is 42.6 Å². The van der Waals surface area contributed by atoms with Crippen molar-refractivity contribution in [1.29, 1.82) is 5.26 Å². The first kappa shape index (κ1) is 13.6. The molecule has 0 aliphatic heterocycles. The predicted molar refractivity (Wildman–Crippen MR) is 76.6 cm³/mol. The van der Waals surface area contributed by atoms with Crippen molar-refractivity contribution in [2.75, 3.05) is 0 Å². The van der Waals surface area contributed by atoms with Crippen LogP contribution in [0, 0.1) is 17.1 Å². The van der Waals surface area contributed by atoms with E-state index in [1.165, 1.54) is 41.1 Å². The van der Waals surface area contributed by atoms with E-state index >= 15 is 0 Å². The highest BCUT2D eigenvalue weighted by molar-refractivity contribution is 5.92. The first-order chi connectivity index (χ1) is 10.5. The Morgan fingerprint density at radius 2 is 2.05 bits per heavy atom. The van der Waals surface area contributed by atoms with Crippen LogP contribution in [0.1, 0.15) is 15.9 Å². The third kappa shape index (κ3) is 1.96. The number of para-hydroxylation sites is 1. The fourth-order valence-electron chi connectivity index (χ4n) is 2.38. The Hall–Kier alpha value is -3.33. The monoisotopic (exact) mass is 296 g/mol. The molecule has 0 bridgehead atoms. The van der Waals surface area contributed by atoms with E-state index in [2.05, 4.69) is 0 Å². The van der Waals surface area contributed by atoms with Crippen LogP contribution in [0.3, 0.4) is 0 Å². The van der Waals surface area contributed by atoms with Crippen molar-refractivity contribution >= 4 is 16.9 Å². The van der Waals surface area contributed by atoms with E-state index in [-0.39, 0.29) is 16.6 Å². The Kier molecular flexibility index (Phi) is 3.04. The van der Waals surface area contributed by atoms with Gasteiger partial charge in [0.05, 0.1) is 11.1 Å². The number of carbonyl (C=O) groups is 1. The zero-order valence-corrected chi connectivity index (χ0v) is 11.1. The minimum Gasteiger partial charge on any atom is -0.507 e. The molecule has 0 unspecified atom stereocenters. The molecular formula is C16H9FN2O3. The normalized spacial score (nSPS) is 10.5. The van der Waals surface area contributed by atoms with Gasteiger partial charge in [0.1, 0.15) is 23.2 Å². The minimum absolute atomic E-state index is 0.196. The maximum Gasteiger partial charge on any atom is 0.339 e. The van der Waals surface area contributed by atoms with Crippen molar-refractivity contribution in [3.8, 4) is 17.5 Å². The predicted octanol–water partition coefficient (Wildman–Crippen LogP) is 3.05. The average Bonchev–Trinajstić information content (AvgIpc) is 2.87. The second-order valence-corrected chi connectivity index (χ2v) is 4.67. The molecule has 0 saturated heterocycles. The smallest absolute Gasteiger partial charge is 0.339 e. The van der Waals surface area contributed by atoms with Gasteiger partial charge < -0.3 is 14.8 Å². The lowest BCUT2D eigenvalue weighted by Gasteiger charge is -2.08. The summed E-state index contributed by atoms with van der Waals surface area (Å²) in [5.41, 5.74) is 0.595. The van der Waals surface area contributed by atoms with E-state index in [0.717, 1.165) is 0 Å². The summed E-state index contributed by atoms with van der Waals surface area (Å²) in [5, 5.41) is 28.3. The number of fused-ring (bicyclic) bond motifs is 1. The molecule has 0 fully saturated rings. The minimum atomic E-state index is -1.26. The van der Waals surface area contributed by atoms with Gasteiger partial charge in [-0.1, -0.05) is 12.1 Å². The van der Waals surface area contributed by atoms with Gasteiger partial charge in [0.2, 0.25) is 0 Å². The fraction of sp³-hybridized carbons (Fsp3) is 0. The summed E-state index contributed by atoms with van der Waals surface area (Å²) < 4.78 is 15.5. The molecule has 1 heterocycles. The van der Waals surface area contributed by atoms with Gasteiger partial charge in [0.25, 0.3) is 0 Å². The number of aromatic hydroxyl groups is 1. The van der Waals surface area contributed by atoms with Crippen molar-refractivity contribution < 1.29 is 19.4 Å². The Balaban J connectivity index is 2.30. The molecule has 1 aromatic heterocycles. The molecule has 0 atom stereocenters. The molecule has 2 N–H and O–H groups in total. The van der Waals surface area contributed by atoms with Crippen LogP contribution in [0.5, 0.6) is 5.75 Å². The van der Waals surface area contributed by atoms with Crippen molar-refractivity contribution in [2.24, 2.45) is 0 Å². The molecule has 0 aliphatic rings. The van der Waals surface area contributed by atoms with Gasteiger partial charge in [-0.3, -0.25) is 0 Å². The molecule has 108 valence electrons. The lowest BCUT2D eigenvalue weighted by Crippen LogP contribution is -1.99. The Morgan fingerprint density at radius 3 is 2.68 bits per heavy atom. The lowest BCUT2D eigenvalue weighted by molar-refractivity contribution is 0.0694. The molecule has 3 aromatic rings. The molecule has 5 nitrogen and oxygen atoms in total. The number of phenols is 1. The molecule has 0 amide bonds. The van der Waals surface area contributed by atoms with E-state index in [0.29, 0.717) is 11.1 Å². The third-order valence-electron chi connectivity index (χ3n) is 3.39. The number of carboxylic acid groups (broad SMARTS) is 1. The third-order valence-corrected chi connectivity index (χ3v) is 3.39. The molecular weight excluding hydrogens is 287 g/mol. The van der Waals surface area contributed by atoms with Crippen LogP contribution in [-0.4, -0.2) is 20.7 Å². The number of aromatic nitrogens is 1. The van der Waals surface area contributed by atoms with Gasteiger partial charge in [0, 0.05) is 23.3 Å². The van der Waals surface area contributed by atoms with Gasteiger partial charge in [-0.05, 0) is 18.2 Å². The molecule has 2 aromatic carbocycles. The van der Waals surface area contributed by atoms with Crippen molar-refractivity contribution in [1.82, 2.24) is 4.57 Å². The Morgan fingerprint density at radius 1 is 1.27 bits per heavy atom. The van der Waals surface area contributed by atoms with Crippen LogP contribution >= 0.6 is 0 Å². The van der Waals surface area contributed by atoms with Crippen molar-refractivity contribution in [3.05, 3.63) is 59.5 Å². The number of benzene rings is 2. The Labute approximate surface area is 124 Å². The van der Waals surface area contributed by atoms with Gasteiger partial charge in [-0.15, -0.1) is 0 Å². The number of halogens is 1. The Bertz CT molecular complexity index is 954. The maximum atomic E-state index is 14.1. The first-order valence-corrected chi connectivity index (χ1v) is 6.29. The van der Waals surface area contributed by atoms with Crippen LogP contribution < -0.4 is 0 Å². The highest BCUT2D eigenvalue weighted by Gasteiger charge is 2.15. The molecule has 0 radical (unpaired) electrons. The lowest BCUT2D eigenvalue weighted by atomic mass is 10.1. The zero-order chi connectivity index (χ0) is 15.9. The summed E-state index contributed by atoms with van der Waals surface area (Å²) in [7, 11) is 0. The number of carboxylic acids is 1. The first-order valence-electron chi connectivity index (χ1n) is 6.29. The molecule has 22 heavy (non-hydrogen) atoms. The van der Waals surface area contributed by atoms with Gasteiger partial charge in [-0.2, -0.15) is 5.26 Å². The van der Waals surface area contributed by atoms with Crippen LogP contribution in [-0.2, 0) is 0 Å². The molecule has 3 rings (SSSR count). The largest absolute Gasteiger partial charge is 0.507 e. The zero-order valence-electron chi connectivity index (χ0n) is 11.1. The van der Waals surface area contributed by atoms with Crippen molar-refractivity contribution in [3.63, 3.8) is 0 Å². The average molecular weight is 296 g/mol. The van der Waals surface area contributed by atoms with E-state index in [1.54, 1.807) is 6.07 Å². The topological polar surface area (TPSA) is 86.2 Å². The second-order valence-electron chi connectivity index (χ2n) is 4.67. The number of nitriles is 1. The summed E-state index contributed by atoms with van der Waals surface area (Å²) in [4.78, 5) is 10.9. The van der Waals surface area contributed by atoms with Crippen molar-refractivity contribution in [2.45, 2.75) is 0 Å². The number of rotatable bonds is 2.